The lowest BCUT2D eigenvalue weighted by Crippen LogP contribution is -2.30. The Balaban J connectivity index is 1.39. The smallest absolute Gasteiger partial charge is 0.251 e. The molecular weight excluding hydrogens is 396 g/mol. The maximum atomic E-state index is 12.2. The van der Waals surface area contributed by atoms with E-state index < -0.39 is 0 Å². The first kappa shape index (κ1) is 20.2. The highest BCUT2D eigenvalue weighted by Crippen LogP contribution is 2.50. The van der Waals surface area contributed by atoms with Gasteiger partial charge in [0.05, 0.1) is 9.16 Å². The summed E-state index contributed by atoms with van der Waals surface area (Å²) in [6, 6.07) is 15.1. The zero-order valence-corrected chi connectivity index (χ0v) is 17.7. The number of carbonyl (C=O) groups is 2. The van der Waals surface area contributed by atoms with E-state index in [1.807, 2.05) is 62.4 Å². The van der Waals surface area contributed by atoms with Gasteiger partial charge in [-0.1, -0.05) is 57.0 Å². The van der Waals surface area contributed by atoms with E-state index in [0.29, 0.717) is 24.2 Å². The lowest BCUT2D eigenvalue weighted by Gasteiger charge is -2.12. The number of aryl methyl sites for hydroxylation is 2. The summed E-state index contributed by atoms with van der Waals surface area (Å²) in [6.45, 7) is 5.22. The Kier molecular flexibility index (Phi) is 7.15. The van der Waals surface area contributed by atoms with Crippen LogP contribution in [0.4, 0.5) is 0 Å². The van der Waals surface area contributed by atoms with Gasteiger partial charge in [0.25, 0.3) is 11.8 Å². The SMILES string of the molecule is Cc1ccc(C(=O)NCC2SSC(CNC(=O)c3ccc(C)cc3)S2)cc1. The molecule has 2 unspecified atom stereocenters. The van der Waals surface area contributed by atoms with Crippen molar-refractivity contribution >= 4 is 45.2 Å². The van der Waals surface area contributed by atoms with Crippen LogP contribution in [0, 0.1) is 13.8 Å². The van der Waals surface area contributed by atoms with Crippen molar-refractivity contribution < 1.29 is 9.59 Å². The third kappa shape index (κ3) is 5.96. The van der Waals surface area contributed by atoms with Gasteiger partial charge in [-0.25, -0.2) is 0 Å². The number of hydrogen-bond donors (Lipinski definition) is 2. The average Bonchev–Trinajstić information content (AvgIpc) is 3.13. The summed E-state index contributed by atoms with van der Waals surface area (Å²) in [7, 11) is 3.51. The number of carbonyl (C=O) groups excluding carboxylic acids is 2. The van der Waals surface area contributed by atoms with Crippen LogP contribution >= 0.6 is 33.3 Å². The lowest BCUT2D eigenvalue weighted by molar-refractivity contribution is 0.0948. The molecule has 0 bridgehead atoms. The molecule has 27 heavy (non-hydrogen) atoms. The number of nitrogens with one attached hydrogen (secondary N) is 2. The van der Waals surface area contributed by atoms with E-state index in [9.17, 15) is 9.59 Å². The Morgan fingerprint density at radius 2 is 1.11 bits per heavy atom. The van der Waals surface area contributed by atoms with E-state index in [-0.39, 0.29) is 21.0 Å². The minimum Gasteiger partial charge on any atom is -0.350 e. The van der Waals surface area contributed by atoms with Crippen molar-refractivity contribution in [1.82, 2.24) is 10.6 Å². The number of rotatable bonds is 6. The Morgan fingerprint density at radius 1 is 0.741 bits per heavy atom. The molecule has 1 aliphatic rings. The van der Waals surface area contributed by atoms with Crippen LogP contribution in [0.25, 0.3) is 0 Å². The molecule has 0 aliphatic carbocycles. The molecule has 0 spiro atoms. The van der Waals surface area contributed by atoms with Crippen LogP contribution in [0.15, 0.2) is 48.5 Å². The molecule has 1 saturated heterocycles. The fraction of sp³-hybridized carbons (Fsp3) is 0.300. The molecular formula is C20H22N2O2S3. The highest BCUT2D eigenvalue weighted by molar-refractivity contribution is 8.82. The second kappa shape index (κ2) is 9.57. The van der Waals surface area contributed by atoms with Gasteiger partial charge in [-0.3, -0.25) is 9.59 Å². The van der Waals surface area contributed by atoms with Crippen molar-refractivity contribution in [3.8, 4) is 0 Å². The van der Waals surface area contributed by atoms with Crippen molar-refractivity contribution in [2.45, 2.75) is 23.0 Å². The van der Waals surface area contributed by atoms with E-state index in [4.69, 9.17) is 0 Å². The predicted molar refractivity (Wildman–Crippen MR) is 117 cm³/mol. The summed E-state index contributed by atoms with van der Waals surface area (Å²) in [5, 5.41) is 5.99. The van der Waals surface area contributed by atoms with Crippen LogP contribution < -0.4 is 10.6 Å². The average molecular weight is 419 g/mol. The Morgan fingerprint density at radius 3 is 1.48 bits per heavy atom. The lowest BCUT2D eigenvalue weighted by atomic mass is 10.1. The highest BCUT2D eigenvalue weighted by Gasteiger charge is 2.27. The van der Waals surface area contributed by atoms with Gasteiger partial charge >= 0.3 is 0 Å². The number of hydrogen-bond acceptors (Lipinski definition) is 5. The van der Waals surface area contributed by atoms with Crippen LogP contribution in [0.5, 0.6) is 0 Å². The molecule has 7 heteroatoms. The summed E-state index contributed by atoms with van der Waals surface area (Å²) in [5.74, 6) is -0.0883. The first-order valence-electron chi connectivity index (χ1n) is 8.68. The molecule has 0 saturated carbocycles. The molecule has 2 amide bonds. The summed E-state index contributed by atoms with van der Waals surface area (Å²) in [6.07, 6.45) is 0. The molecule has 1 aliphatic heterocycles. The Bertz CT molecular complexity index is 726. The van der Waals surface area contributed by atoms with Crippen molar-refractivity contribution in [2.24, 2.45) is 0 Å². The van der Waals surface area contributed by atoms with Gasteiger partial charge in [-0.15, -0.1) is 11.8 Å². The maximum Gasteiger partial charge on any atom is 0.251 e. The molecule has 4 nitrogen and oxygen atoms in total. The van der Waals surface area contributed by atoms with Crippen LogP contribution in [0.3, 0.4) is 0 Å². The molecule has 2 atom stereocenters. The molecule has 1 fully saturated rings. The second-order valence-corrected chi connectivity index (χ2v) is 11.0. The topological polar surface area (TPSA) is 58.2 Å². The molecule has 2 aromatic carbocycles. The van der Waals surface area contributed by atoms with E-state index in [2.05, 4.69) is 10.6 Å². The molecule has 2 aromatic rings. The molecule has 2 N–H and O–H groups in total. The zero-order valence-electron chi connectivity index (χ0n) is 15.2. The summed E-state index contributed by atoms with van der Waals surface area (Å²) < 4.78 is 0.566. The van der Waals surface area contributed by atoms with Gasteiger partial charge in [0.1, 0.15) is 0 Å². The van der Waals surface area contributed by atoms with Gasteiger partial charge in [0.2, 0.25) is 0 Å². The zero-order chi connectivity index (χ0) is 19.2. The van der Waals surface area contributed by atoms with Crippen LogP contribution in [-0.2, 0) is 0 Å². The van der Waals surface area contributed by atoms with Crippen LogP contribution in [0.1, 0.15) is 31.8 Å². The quantitative estimate of drug-likeness (QED) is 0.687. The fourth-order valence-corrected chi connectivity index (χ4v) is 7.88. The second-order valence-electron chi connectivity index (χ2n) is 6.34. The summed E-state index contributed by atoms with van der Waals surface area (Å²) in [4.78, 5) is 24.4. The third-order valence-corrected chi connectivity index (χ3v) is 9.58. The number of amides is 2. The maximum absolute atomic E-state index is 12.2. The minimum absolute atomic E-state index is 0.0441. The monoisotopic (exact) mass is 418 g/mol. The van der Waals surface area contributed by atoms with Gasteiger partial charge in [0.15, 0.2) is 0 Å². The van der Waals surface area contributed by atoms with Crippen molar-refractivity contribution in [1.29, 1.82) is 0 Å². The number of benzene rings is 2. The van der Waals surface area contributed by atoms with E-state index in [1.54, 1.807) is 33.3 Å². The van der Waals surface area contributed by atoms with Gasteiger partial charge in [0, 0.05) is 24.2 Å². The Hall–Kier alpha value is -1.57. The van der Waals surface area contributed by atoms with Gasteiger partial charge in [-0.2, -0.15) is 0 Å². The molecule has 1 heterocycles. The van der Waals surface area contributed by atoms with E-state index >= 15 is 0 Å². The molecule has 3 rings (SSSR count). The largest absolute Gasteiger partial charge is 0.350 e. The van der Waals surface area contributed by atoms with Crippen LogP contribution in [-0.4, -0.2) is 34.1 Å². The molecule has 0 aromatic heterocycles. The van der Waals surface area contributed by atoms with Crippen molar-refractivity contribution in [3.63, 3.8) is 0 Å². The first-order chi connectivity index (χ1) is 13.0. The highest BCUT2D eigenvalue weighted by atomic mass is 33.1. The minimum atomic E-state index is -0.0441. The normalized spacial score (nSPS) is 18.9. The van der Waals surface area contributed by atoms with Crippen LogP contribution in [0.2, 0.25) is 0 Å². The summed E-state index contributed by atoms with van der Waals surface area (Å²) in [5.41, 5.74) is 3.65. The number of thioether (sulfide) groups is 1. The van der Waals surface area contributed by atoms with Crippen molar-refractivity contribution in [2.75, 3.05) is 13.1 Å². The third-order valence-electron chi connectivity index (χ3n) is 4.06. The molecule has 0 radical (unpaired) electrons. The van der Waals surface area contributed by atoms with Gasteiger partial charge < -0.3 is 10.6 Å². The predicted octanol–water partition coefficient (Wildman–Crippen LogP) is 4.24. The Labute approximate surface area is 172 Å². The van der Waals surface area contributed by atoms with Crippen molar-refractivity contribution in [3.05, 3.63) is 70.8 Å². The molecule has 142 valence electrons. The van der Waals surface area contributed by atoms with E-state index in [1.165, 1.54) is 0 Å². The van der Waals surface area contributed by atoms with Gasteiger partial charge in [-0.05, 0) is 38.1 Å². The fourth-order valence-electron chi connectivity index (χ4n) is 2.47. The van der Waals surface area contributed by atoms with E-state index in [0.717, 1.165) is 11.1 Å². The first-order valence-corrected chi connectivity index (χ1v) is 11.9. The summed E-state index contributed by atoms with van der Waals surface area (Å²) >= 11 is 1.79. The standard InChI is InChI=1S/C20H22N2O2S3/c1-13-3-7-15(8-4-13)19(23)21-11-17-25-18(27-26-17)12-22-20(24)16-9-5-14(2)6-10-16/h3-10,17-18H,11-12H2,1-2H3,(H,21,23)(H,22,24).